The van der Waals surface area contributed by atoms with Crippen LogP contribution in [0.3, 0.4) is 0 Å². The predicted octanol–water partition coefficient (Wildman–Crippen LogP) is 3.44. The first-order valence-corrected chi connectivity index (χ1v) is 5.36. The molecule has 0 unspecified atom stereocenters. The summed E-state index contributed by atoms with van der Waals surface area (Å²) in [5, 5.41) is 0. The highest BCUT2D eigenvalue weighted by atomic mass is 19.3. The van der Waals surface area contributed by atoms with E-state index < -0.39 is 13.0 Å². The van der Waals surface area contributed by atoms with Crippen LogP contribution in [0.1, 0.15) is 36.7 Å². The van der Waals surface area contributed by atoms with Gasteiger partial charge in [0.05, 0.1) is 5.56 Å². The van der Waals surface area contributed by atoms with Crippen molar-refractivity contribution in [3.63, 3.8) is 0 Å². The summed E-state index contributed by atoms with van der Waals surface area (Å²) >= 11 is 0. The molecule has 0 fully saturated rings. The summed E-state index contributed by atoms with van der Waals surface area (Å²) in [5.41, 5.74) is 0.789. The molecule has 0 aliphatic rings. The zero-order valence-electron chi connectivity index (χ0n) is 10.2. The van der Waals surface area contributed by atoms with E-state index in [9.17, 15) is 13.6 Å². The molecule has 0 spiro atoms. The Morgan fingerprint density at radius 3 is 2.47 bits per heavy atom. The Labute approximate surface area is 99.6 Å². The van der Waals surface area contributed by atoms with Gasteiger partial charge in [-0.15, -0.1) is 0 Å². The molecule has 0 atom stereocenters. The number of aldehydes is 1. The summed E-state index contributed by atoms with van der Waals surface area (Å²) < 4.78 is 29.4. The number of carbonyl (C=O) groups excluding carboxylic acids is 1. The molecule has 0 saturated carbocycles. The Morgan fingerprint density at radius 2 is 2.00 bits per heavy atom. The van der Waals surface area contributed by atoms with Gasteiger partial charge in [-0.25, -0.2) is 8.78 Å². The quantitative estimate of drug-likeness (QED) is 0.756. The summed E-state index contributed by atoms with van der Waals surface area (Å²) in [5.74, 6) is 0.260. The SMILES string of the molecule is CC(C)(C)c1cccc(C=O)c1OCC(F)F. The van der Waals surface area contributed by atoms with E-state index in [1.807, 2.05) is 20.8 Å². The Morgan fingerprint density at radius 1 is 1.35 bits per heavy atom. The Hall–Kier alpha value is -1.45. The minimum atomic E-state index is -2.55. The number of alkyl halides is 2. The van der Waals surface area contributed by atoms with Gasteiger partial charge in [0.1, 0.15) is 12.4 Å². The predicted molar refractivity (Wildman–Crippen MR) is 62.0 cm³/mol. The van der Waals surface area contributed by atoms with Crippen molar-refractivity contribution in [2.24, 2.45) is 0 Å². The van der Waals surface area contributed by atoms with E-state index in [0.717, 1.165) is 5.56 Å². The zero-order valence-corrected chi connectivity index (χ0v) is 10.2. The maximum absolute atomic E-state index is 12.2. The number of ether oxygens (including phenoxy) is 1. The van der Waals surface area contributed by atoms with Crippen LogP contribution in [-0.4, -0.2) is 19.3 Å². The van der Waals surface area contributed by atoms with Crippen molar-refractivity contribution < 1.29 is 18.3 Å². The van der Waals surface area contributed by atoms with E-state index in [0.29, 0.717) is 11.8 Å². The molecule has 0 N–H and O–H groups in total. The van der Waals surface area contributed by atoms with E-state index in [1.165, 1.54) is 0 Å². The minimum absolute atomic E-state index is 0.260. The minimum Gasteiger partial charge on any atom is -0.487 e. The van der Waals surface area contributed by atoms with Crippen LogP contribution >= 0.6 is 0 Å². The first kappa shape index (κ1) is 13.6. The molecule has 1 rings (SSSR count). The van der Waals surface area contributed by atoms with Crippen LogP contribution in [0.5, 0.6) is 5.75 Å². The van der Waals surface area contributed by atoms with Gasteiger partial charge in [-0.3, -0.25) is 4.79 Å². The fourth-order valence-corrected chi connectivity index (χ4v) is 1.55. The third kappa shape index (κ3) is 3.51. The summed E-state index contributed by atoms with van der Waals surface area (Å²) in [4.78, 5) is 10.9. The van der Waals surface area contributed by atoms with Crippen LogP contribution in [0.4, 0.5) is 8.78 Å². The molecule has 2 nitrogen and oxygen atoms in total. The number of hydrogen-bond acceptors (Lipinski definition) is 2. The van der Waals surface area contributed by atoms with Gasteiger partial charge < -0.3 is 4.74 Å². The zero-order chi connectivity index (χ0) is 13.1. The fraction of sp³-hybridized carbons (Fsp3) is 0.462. The molecule has 0 amide bonds. The van der Waals surface area contributed by atoms with Crippen LogP contribution < -0.4 is 4.74 Å². The van der Waals surface area contributed by atoms with Gasteiger partial charge in [0.2, 0.25) is 0 Å². The van der Waals surface area contributed by atoms with Gasteiger partial charge in [0.15, 0.2) is 6.29 Å². The number of hydrogen-bond donors (Lipinski definition) is 0. The van der Waals surface area contributed by atoms with E-state index in [-0.39, 0.29) is 11.2 Å². The van der Waals surface area contributed by atoms with Gasteiger partial charge in [0, 0.05) is 5.56 Å². The molecule has 0 aromatic heterocycles. The van der Waals surface area contributed by atoms with Crippen molar-refractivity contribution in [1.29, 1.82) is 0 Å². The first-order valence-electron chi connectivity index (χ1n) is 5.36. The Balaban J connectivity index is 3.16. The lowest BCUT2D eigenvalue weighted by atomic mass is 9.85. The van der Waals surface area contributed by atoms with Crippen LogP contribution in [0.2, 0.25) is 0 Å². The molecule has 0 saturated heterocycles. The summed E-state index contributed by atoms with van der Waals surface area (Å²) in [7, 11) is 0. The smallest absolute Gasteiger partial charge is 0.272 e. The summed E-state index contributed by atoms with van der Waals surface area (Å²) in [6, 6.07) is 5.07. The standard InChI is InChI=1S/C13H16F2O2/c1-13(2,3)10-6-4-5-9(7-16)12(10)17-8-11(14)15/h4-7,11H,8H2,1-3H3. The van der Waals surface area contributed by atoms with Crippen LogP contribution in [0.15, 0.2) is 18.2 Å². The second kappa shape index (κ2) is 5.25. The van der Waals surface area contributed by atoms with Crippen molar-refractivity contribution in [2.75, 3.05) is 6.61 Å². The highest BCUT2D eigenvalue weighted by Gasteiger charge is 2.21. The van der Waals surface area contributed by atoms with Gasteiger partial charge in [-0.1, -0.05) is 32.9 Å². The lowest BCUT2D eigenvalue weighted by molar-refractivity contribution is 0.0799. The molecule has 1 aromatic rings. The molecule has 4 heteroatoms. The number of benzene rings is 1. The number of halogens is 2. The van der Waals surface area contributed by atoms with Crippen molar-refractivity contribution >= 4 is 6.29 Å². The molecule has 1 aromatic carbocycles. The number of carbonyl (C=O) groups is 1. The third-order valence-corrected chi connectivity index (χ3v) is 2.33. The van der Waals surface area contributed by atoms with E-state index >= 15 is 0 Å². The molecule has 0 bridgehead atoms. The van der Waals surface area contributed by atoms with E-state index in [2.05, 4.69) is 0 Å². The van der Waals surface area contributed by atoms with Crippen molar-refractivity contribution in [3.05, 3.63) is 29.3 Å². The molecule has 0 heterocycles. The topological polar surface area (TPSA) is 26.3 Å². The van der Waals surface area contributed by atoms with Crippen LogP contribution in [0, 0.1) is 0 Å². The van der Waals surface area contributed by atoms with E-state index in [1.54, 1.807) is 18.2 Å². The van der Waals surface area contributed by atoms with E-state index in [4.69, 9.17) is 4.74 Å². The summed E-state index contributed by atoms with van der Waals surface area (Å²) in [6.45, 7) is 5.11. The van der Waals surface area contributed by atoms with Crippen molar-refractivity contribution in [3.8, 4) is 5.75 Å². The number of rotatable bonds is 4. The highest BCUT2D eigenvalue weighted by molar-refractivity contribution is 5.80. The maximum atomic E-state index is 12.2. The average molecular weight is 242 g/mol. The van der Waals surface area contributed by atoms with Crippen molar-refractivity contribution in [2.45, 2.75) is 32.6 Å². The molecule has 0 aliphatic carbocycles. The summed E-state index contributed by atoms with van der Waals surface area (Å²) in [6.07, 6.45) is -1.93. The Bertz CT molecular complexity index is 395. The monoisotopic (exact) mass is 242 g/mol. The lowest BCUT2D eigenvalue weighted by Gasteiger charge is -2.23. The maximum Gasteiger partial charge on any atom is 0.272 e. The van der Waals surface area contributed by atoms with Gasteiger partial charge >= 0.3 is 0 Å². The van der Waals surface area contributed by atoms with Gasteiger partial charge in [-0.2, -0.15) is 0 Å². The third-order valence-electron chi connectivity index (χ3n) is 2.33. The van der Waals surface area contributed by atoms with Crippen LogP contribution in [0.25, 0.3) is 0 Å². The molecular weight excluding hydrogens is 226 g/mol. The highest BCUT2D eigenvalue weighted by Crippen LogP contribution is 2.33. The second-order valence-corrected chi connectivity index (χ2v) is 4.79. The van der Waals surface area contributed by atoms with Crippen LogP contribution in [-0.2, 0) is 5.41 Å². The molecule has 17 heavy (non-hydrogen) atoms. The average Bonchev–Trinajstić information content (AvgIpc) is 2.24. The van der Waals surface area contributed by atoms with Crippen molar-refractivity contribution in [1.82, 2.24) is 0 Å². The molecule has 0 aliphatic heterocycles. The normalized spacial score (nSPS) is 11.6. The lowest BCUT2D eigenvalue weighted by Crippen LogP contribution is -2.17. The Kier molecular flexibility index (Phi) is 4.21. The fourth-order valence-electron chi connectivity index (χ4n) is 1.55. The molecule has 94 valence electrons. The first-order chi connectivity index (χ1) is 7.86. The largest absolute Gasteiger partial charge is 0.487 e. The number of para-hydroxylation sites is 1. The van der Waals surface area contributed by atoms with Gasteiger partial charge in [0.25, 0.3) is 6.43 Å². The van der Waals surface area contributed by atoms with Gasteiger partial charge in [-0.05, 0) is 11.5 Å². The second-order valence-electron chi connectivity index (χ2n) is 4.79. The molecule has 0 radical (unpaired) electrons. The molecular formula is C13H16F2O2.